The summed E-state index contributed by atoms with van der Waals surface area (Å²) in [5.41, 5.74) is 2.12. The molecule has 3 rings (SSSR count). The molecule has 0 unspecified atom stereocenters. The molecular weight excluding hydrogens is 500 g/mol. The molecule has 2 aliphatic rings. The summed E-state index contributed by atoms with van der Waals surface area (Å²) in [6.07, 6.45) is 4.57. The van der Waals surface area contributed by atoms with E-state index in [-0.39, 0.29) is 5.91 Å². The molecule has 0 atom stereocenters. The van der Waals surface area contributed by atoms with Gasteiger partial charge in [0.2, 0.25) is 0 Å². The van der Waals surface area contributed by atoms with Crippen molar-refractivity contribution in [2.45, 2.75) is 32.2 Å². The minimum absolute atomic E-state index is 0.156. The van der Waals surface area contributed by atoms with Crippen molar-refractivity contribution in [1.29, 1.82) is 0 Å². The van der Waals surface area contributed by atoms with E-state index >= 15 is 0 Å². The van der Waals surface area contributed by atoms with E-state index in [2.05, 4.69) is 61.8 Å². The Morgan fingerprint density at radius 1 is 0.622 bits per heavy atom. The Morgan fingerprint density at radius 2 is 1.22 bits per heavy atom. The highest BCUT2D eigenvalue weighted by Gasteiger charge is 2.16. The van der Waals surface area contributed by atoms with Crippen molar-refractivity contribution in [3.8, 4) is 0 Å². The Kier molecular flexibility index (Phi) is 16.7. The summed E-state index contributed by atoms with van der Waals surface area (Å²) in [5, 5.41) is 14.0. The molecule has 1 amide bonds. The number of carbonyl (C=O) groups is 1. The first-order valence-corrected chi connectivity index (χ1v) is 16.7. The molecule has 2 fully saturated rings. The number of benzene rings is 1. The summed E-state index contributed by atoms with van der Waals surface area (Å²) < 4.78 is 0. The average Bonchev–Trinajstić information content (AvgIpc) is 2.92. The van der Waals surface area contributed by atoms with Gasteiger partial charge in [0.15, 0.2) is 0 Å². The van der Waals surface area contributed by atoms with Crippen molar-refractivity contribution in [2.24, 2.45) is 0 Å². The van der Waals surface area contributed by atoms with Crippen molar-refractivity contribution in [3.05, 3.63) is 35.4 Å². The lowest BCUT2D eigenvalue weighted by molar-refractivity contribution is 0.0755. The molecule has 37 heavy (non-hydrogen) atoms. The molecule has 1 aromatic carbocycles. The highest BCUT2D eigenvalue weighted by molar-refractivity contribution is 7.99. The zero-order valence-corrected chi connectivity index (χ0v) is 24.4. The summed E-state index contributed by atoms with van der Waals surface area (Å²) in [5.74, 6) is 5.04. The number of nitrogens with zero attached hydrogens (tertiary/aromatic N) is 2. The monoisotopic (exact) mass is 550 g/mol. The fourth-order valence-corrected chi connectivity index (χ4v) is 6.33. The summed E-state index contributed by atoms with van der Waals surface area (Å²) in [4.78, 5) is 18.0. The van der Waals surface area contributed by atoms with E-state index in [0.29, 0.717) is 0 Å². The van der Waals surface area contributed by atoms with Gasteiger partial charge in [-0.2, -0.15) is 23.5 Å². The van der Waals surface area contributed by atoms with Gasteiger partial charge >= 0.3 is 0 Å². The highest BCUT2D eigenvalue weighted by atomic mass is 32.2. The molecular formula is C28H50N6OS2. The summed E-state index contributed by atoms with van der Waals surface area (Å²) in [6, 6.07) is 8.43. The van der Waals surface area contributed by atoms with E-state index in [1.54, 1.807) is 0 Å². The molecule has 0 radical (unpaired) electrons. The minimum atomic E-state index is 0.156. The van der Waals surface area contributed by atoms with Gasteiger partial charge in [-0.1, -0.05) is 12.1 Å². The van der Waals surface area contributed by atoms with Crippen molar-refractivity contribution in [2.75, 3.05) is 102 Å². The third kappa shape index (κ3) is 13.7. The van der Waals surface area contributed by atoms with Crippen LogP contribution < -0.4 is 21.3 Å². The first-order valence-electron chi connectivity index (χ1n) is 14.4. The fourth-order valence-electron chi connectivity index (χ4n) is 4.68. The molecule has 2 aliphatic heterocycles. The molecule has 0 aliphatic carbocycles. The van der Waals surface area contributed by atoms with Crippen LogP contribution in [0.5, 0.6) is 0 Å². The van der Waals surface area contributed by atoms with Crippen molar-refractivity contribution in [3.63, 3.8) is 0 Å². The van der Waals surface area contributed by atoms with Gasteiger partial charge in [-0.25, -0.2) is 0 Å². The van der Waals surface area contributed by atoms with Crippen LogP contribution in [0.3, 0.4) is 0 Å². The minimum Gasteiger partial charge on any atom is -0.337 e. The maximum Gasteiger partial charge on any atom is 0.253 e. The first kappa shape index (κ1) is 30.7. The van der Waals surface area contributed by atoms with E-state index < -0.39 is 0 Å². The molecule has 0 saturated carbocycles. The SMILES string of the molecule is O=C(c1ccc(CN2CCCSCCNCCSCCC2)cc1)N1CCCNCCNCCCNCC1. The molecule has 0 aromatic heterocycles. The standard InChI is InChI=1S/C28H50N6OS2/c35-28(34-19-2-11-30-13-12-29-9-1-10-31-14-20-34)27-7-5-26(6-8-27)25-33-17-3-21-36-23-15-32-16-24-37-22-4-18-33/h5-8,29-32H,1-4,9-25H2. The molecule has 2 heterocycles. The molecule has 2 saturated heterocycles. The number of nitrogens with one attached hydrogen (secondary N) is 4. The lowest BCUT2D eigenvalue weighted by atomic mass is 10.1. The van der Waals surface area contributed by atoms with Crippen LogP contribution in [-0.2, 0) is 6.54 Å². The molecule has 7 nitrogen and oxygen atoms in total. The summed E-state index contributed by atoms with van der Waals surface area (Å²) >= 11 is 4.13. The summed E-state index contributed by atoms with van der Waals surface area (Å²) in [6.45, 7) is 12.9. The lowest BCUT2D eigenvalue weighted by Gasteiger charge is -2.24. The van der Waals surface area contributed by atoms with Crippen LogP contribution in [0.25, 0.3) is 0 Å². The quantitative estimate of drug-likeness (QED) is 0.457. The number of hydrogen-bond acceptors (Lipinski definition) is 8. The Hall–Kier alpha value is -0.810. The predicted molar refractivity (Wildman–Crippen MR) is 162 cm³/mol. The van der Waals surface area contributed by atoms with Crippen LogP contribution >= 0.6 is 23.5 Å². The maximum atomic E-state index is 13.4. The van der Waals surface area contributed by atoms with Crippen LogP contribution in [0.4, 0.5) is 0 Å². The highest BCUT2D eigenvalue weighted by Crippen LogP contribution is 2.13. The molecule has 0 spiro atoms. The van der Waals surface area contributed by atoms with Crippen molar-refractivity contribution in [1.82, 2.24) is 31.1 Å². The second-order valence-corrected chi connectivity index (χ2v) is 12.4. The van der Waals surface area contributed by atoms with Gasteiger partial charge in [-0.15, -0.1) is 0 Å². The molecule has 4 N–H and O–H groups in total. The van der Waals surface area contributed by atoms with Crippen LogP contribution in [0.15, 0.2) is 24.3 Å². The number of hydrogen-bond donors (Lipinski definition) is 4. The second kappa shape index (κ2) is 20.1. The third-order valence-electron chi connectivity index (χ3n) is 6.79. The molecule has 0 bridgehead atoms. The zero-order chi connectivity index (χ0) is 25.8. The maximum absolute atomic E-state index is 13.4. The lowest BCUT2D eigenvalue weighted by Crippen LogP contribution is -2.40. The van der Waals surface area contributed by atoms with Gasteiger partial charge < -0.3 is 26.2 Å². The van der Waals surface area contributed by atoms with Crippen LogP contribution in [0.1, 0.15) is 41.6 Å². The fraction of sp³-hybridized carbons (Fsp3) is 0.750. The second-order valence-electron chi connectivity index (χ2n) is 9.90. The Bertz CT molecular complexity index is 695. The van der Waals surface area contributed by atoms with Gasteiger partial charge in [0.05, 0.1) is 0 Å². The predicted octanol–water partition coefficient (Wildman–Crippen LogP) is 2.34. The normalized spacial score (nSPS) is 22.0. The van der Waals surface area contributed by atoms with Crippen molar-refractivity contribution < 1.29 is 4.79 Å². The third-order valence-corrected chi connectivity index (χ3v) is 8.93. The number of amides is 1. The van der Waals surface area contributed by atoms with Gasteiger partial charge in [-0.3, -0.25) is 9.69 Å². The average molecular weight is 551 g/mol. The number of thioether (sulfide) groups is 2. The number of carbonyl (C=O) groups excluding carboxylic acids is 1. The van der Waals surface area contributed by atoms with E-state index in [0.717, 1.165) is 103 Å². The first-order chi connectivity index (χ1) is 18.3. The topological polar surface area (TPSA) is 71.7 Å². The van der Waals surface area contributed by atoms with Crippen LogP contribution in [-0.4, -0.2) is 117 Å². The van der Waals surface area contributed by atoms with Crippen LogP contribution in [0.2, 0.25) is 0 Å². The molecule has 1 aromatic rings. The van der Waals surface area contributed by atoms with Gasteiger partial charge in [0, 0.05) is 69.4 Å². The van der Waals surface area contributed by atoms with Crippen molar-refractivity contribution >= 4 is 29.4 Å². The van der Waals surface area contributed by atoms with E-state index in [4.69, 9.17) is 0 Å². The number of rotatable bonds is 3. The van der Waals surface area contributed by atoms with E-state index in [9.17, 15) is 4.79 Å². The largest absolute Gasteiger partial charge is 0.337 e. The Morgan fingerprint density at radius 3 is 1.89 bits per heavy atom. The molecule has 9 heteroatoms. The van der Waals surface area contributed by atoms with Gasteiger partial charge in [0.1, 0.15) is 0 Å². The Balaban J connectivity index is 1.51. The van der Waals surface area contributed by atoms with Gasteiger partial charge in [-0.05, 0) is 87.6 Å². The van der Waals surface area contributed by atoms with E-state index in [1.165, 1.54) is 41.4 Å². The smallest absolute Gasteiger partial charge is 0.253 e. The Labute approximate surface area is 234 Å². The zero-order valence-electron chi connectivity index (χ0n) is 22.8. The molecule has 210 valence electrons. The van der Waals surface area contributed by atoms with E-state index in [1.807, 2.05) is 17.0 Å². The summed E-state index contributed by atoms with van der Waals surface area (Å²) in [7, 11) is 0. The van der Waals surface area contributed by atoms with Gasteiger partial charge in [0.25, 0.3) is 5.91 Å². The van der Waals surface area contributed by atoms with Crippen LogP contribution in [0, 0.1) is 0 Å².